The molecule has 0 atom stereocenters. The smallest absolute Gasteiger partial charge is 0.341 e. The van der Waals surface area contributed by atoms with E-state index in [1.54, 1.807) is 24.3 Å². The van der Waals surface area contributed by atoms with Crippen molar-refractivity contribution < 1.29 is 19.1 Å². The average Bonchev–Trinajstić information content (AvgIpc) is 2.45. The minimum atomic E-state index is -0.583. The van der Waals surface area contributed by atoms with Gasteiger partial charge in [-0.15, -0.1) is 0 Å². The van der Waals surface area contributed by atoms with Gasteiger partial charge in [0.1, 0.15) is 11.3 Å². The predicted octanol–water partition coefficient (Wildman–Crippen LogP) is 3.60. The highest BCUT2D eigenvalue weighted by Crippen LogP contribution is 2.26. The normalized spacial score (nSPS) is 11.0. The molecule has 0 amide bonds. The number of carbonyl (C=O) groups excluding carboxylic acids is 2. The van der Waals surface area contributed by atoms with Gasteiger partial charge in [0.25, 0.3) is 0 Å². The molecule has 1 rings (SSSR count). The Morgan fingerprint density at radius 2 is 1.80 bits per heavy atom. The Kier molecular flexibility index (Phi) is 5.74. The Hall–Kier alpha value is -1.84. The van der Waals surface area contributed by atoms with Crippen LogP contribution in [0.3, 0.4) is 0 Å². The van der Waals surface area contributed by atoms with Crippen molar-refractivity contribution in [1.29, 1.82) is 0 Å². The van der Waals surface area contributed by atoms with Crippen molar-refractivity contribution in [3.05, 3.63) is 29.8 Å². The summed E-state index contributed by atoms with van der Waals surface area (Å²) in [6, 6.07) is 6.63. The van der Waals surface area contributed by atoms with Crippen molar-refractivity contribution in [3.63, 3.8) is 0 Å². The number of para-hydroxylation sites is 1. The second-order valence-corrected chi connectivity index (χ2v) is 5.26. The Bertz CT molecular complexity index is 477. The van der Waals surface area contributed by atoms with Crippen LogP contribution in [-0.2, 0) is 9.53 Å². The Morgan fingerprint density at radius 3 is 2.40 bits per heavy atom. The zero-order valence-electron chi connectivity index (χ0n) is 12.6. The van der Waals surface area contributed by atoms with Gasteiger partial charge in [0.2, 0.25) is 0 Å². The SMILES string of the molecule is CCCOC(=O)c1ccccc1OC(=O)C(C)(C)CC. The molecule has 0 bridgehead atoms. The highest BCUT2D eigenvalue weighted by atomic mass is 16.5. The summed E-state index contributed by atoms with van der Waals surface area (Å²) in [5.41, 5.74) is -0.304. The van der Waals surface area contributed by atoms with Crippen molar-refractivity contribution in [2.24, 2.45) is 5.41 Å². The van der Waals surface area contributed by atoms with Gasteiger partial charge >= 0.3 is 11.9 Å². The molecule has 1 aromatic carbocycles. The van der Waals surface area contributed by atoms with Gasteiger partial charge in [-0.25, -0.2) is 4.79 Å². The van der Waals surface area contributed by atoms with Gasteiger partial charge in [0.15, 0.2) is 0 Å². The first-order valence-electron chi connectivity index (χ1n) is 6.90. The van der Waals surface area contributed by atoms with E-state index in [4.69, 9.17) is 9.47 Å². The molecule has 4 nitrogen and oxygen atoms in total. The molecule has 0 N–H and O–H groups in total. The van der Waals surface area contributed by atoms with Gasteiger partial charge in [-0.3, -0.25) is 4.79 Å². The second-order valence-electron chi connectivity index (χ2n) is 5.26. The van der Waals surface area contributed by atoms with Crippen LogP contribution in [-0.4, -0.2) is 18.5 Å². The molecule has 0 spiro atoms. The molecule has 20 heavy (non-hydrogen) atoms. The molecule has 0 fully saturated rings. The summed E-state index contributed by atoms with van der Waals surface area (Å²) in [5, 5.41) is 0. The number of esters is 2. The minimum Gasteiger partial charge on any atom is -0.462 e. The number of ether oxygens (including phenoxy) is 2. The lowest BCUT2D eigenvalue weighted by atomic mass is 9.91. The fourth-order valence-corrected chi connectivity index (χ4v) is 1.38. The quantitative estimate of drug-likeness (QED) is 0.589. The van der Waals surface area contributed by atoms with Crippen LogP contribution in [0.2, 0.25) is 0 Å². The third-order valence-electron chi connectivity index (χ3n) is 3.18. The van der Waals surface area contributed by atoms with Gasteiger partial charge in [-0.1, -0.05) is 26.0 Å². The fourth-order valence-electron chi connectivity index (χ4n) is 1.38. The van der Waals surface area contributed by atoms with E-state index in [2.05, 4.69) is 0 Å². The second kappa shape index (κ2) is 7.08. The summed E-state index contributed by atoms with van der Waals surface area (Å²) in [4.78, 5) is 24.0. The van der Waals surface area contributed by atoms with Crippen LogP contribution in [0.15, 0.2) is 24.3 Å². The lowest BCUT2D eigenvalue weighted by Gasteiger charge is -2.20. The maximum Gasteiger partial charge on any atom is 0.341 e. The van der Waals surface area contributed by atoms with E-state index in [0.29, 0.717) is 13.0 Å². The molecule has 1 aromatic rings. The number of hydrogen-bond donors (Lipinski definition) is 0. The first-order valence-corrected chi connectivity index (χ1v) is 6.90. The fraction of sp³-hybridized carbons (Fsp3) is 0.500. The molecule has 0 saturated carbocycles. The summed E-state index contributed by atoms with van der Waals surface area (Å²) in [7, 11) is 0. The first kappa shape index (κ1) is 16.2. The lowest BCUT2D eigenvalue weighted by Crippen LogP contribution is -2.28. The Morgan fingerprint density at radius 1 is 1.15 bits per heavy atom. The summed E-state index contributed by atoms with van der Waals surface area (Å²) in [6.45, 7) is 7.81. The number of rotatable bonds is 6. The summed E-state index contributed by atoms with van der Waals surface area (Å²) >= 11 is 0. The van der Waals surface area contributed by atoms with Crippen LogP contribution in [0.5, 0.6) is 5.75 Å². The van der Waals surface area contributed by atoms with Crippen LogP contribution < -0.4 is 4.74 Å². The molecular formula is C16H22O4. The molecule has 4 heteroatoms. The summed E-state index contributed by atoms with van der Waals surface area (Å²) in [6.07, 6.45) is 1.41. The third-order valence-corrected chi connectivity index (χ3v) is 3.18. The van der Waals surface area contributed by atoms with Crippen molar-refractivity contribution in [3.8, 4) is 5.75 Å². The van der Waals surface area contributed by atoms with Gasteiger partial charge in [-0.2, -0.15) is 0 Å². The maximum absolute atomic E-state index is 12.1. The topological polar surface area (TPSA) is 52.6 Å². The first-order chi connectivity index (χ1) is 9.42. The van der Waals surface area contributed by atoms with E-state index < -0.39 is 11.4 Å². The zero-order valence-corrected chi connectivity index (χ0v) is 12.6. The molecule has 0 aliphatic carbocycles. The van der Waals surface area contributed by atoms with E-state index in [-0.39, 0.29) is 17.3 Å². The average molecular weight is 278 g/mol. The third kappa shape index (κ3) is 4.08. The zero-order chi connectivity index (χ0) is 15.2. The Balaban J connectivity index is 2.91. The molecule has 0 saturated heterocycles. The molecule has 0 heterocycles. The van der Waals surface area contributed by atoms with Gasteiger partial charge in [0, 0.05) is 0 Å². The van der Waals surface area contributed by atoms with Crippen molar-refractivity contribution in [2.75, 3.05) is 6.61 Å². The van der Waals surface area contributed by atoms with Crippen LogP contribution >= 0.6 is 0 Å². The molecule has 0 aliphatic rings. The van der Waals surface area contributed by atoms with E-state index in [0.717, 1.165) is 6.42 Å². The lowest BCUT2D eigenvalue weighted by molar-refractivity contribution is -0.144. The highest BCUT2D eigenvalue weighted by molar-refractivity contribution is 5.93. The van der Waals surface area contributed by atoms with Crippen LogP contribution in [0.1, 0.15) is 50.9 Å². The largest absolute Gasteiger partial charge is 0.462 e. The standard InChI is InChI=1S/C16H22O4/c1-5-11-19-14(17)12-9-7-8-10-13(12)20-15(18)16(3,4)6-2/h7-10H,5-6,11H2,1-4H3. The minimum absolute atomic E-state index is 0.250. The van der Waals surface area contributed by atoms with Gasteiger partial charge in [0.05, 0.1) is 12.0 Å². The molecule has 0 unspecified atom stereocenters. The maximum atomic E-state index is 12.1. The van der Waals surface area contributed by atoms with Gasteiger partial charge in [-0.05, 0) is 38.8 Å². The molecular weight excluding hydrogens is 256 g/mol. The van der Waals surface area contributed by atoms with E-state index in [1.165, 1.54) is 0 Å². The van der Waals surface area contributed by atoms with Crippen LogP contribution in [0.25, 0.3) is 0 Å². The van der Waals surface area contributed by atoms with Crippen LogP contribution in [0.4, 0.5) is 0 Å². The van der Waals surface area contributed by atoms with E-state index >= 15 is 0 Å². The molecule has 110 valence electrons. The van der Waals surface area contributed by atoms with Crippen molar-refractivity contribution in [2.45, 2.75) is 40.5 Å². The number of carbonyl (C=O) groups is 2. The highest BCUT2D eigenvalue weighted by Gasteiger charge is 2.29. The molecule has 0 aliphatic heterocycles. The Labute approximate surface area is 120 Å². The molecule has 0 radical (unpaired) electrons. The predicted molar refractivity (Wildman–Crippen MR) is 76.7 cm³/mol. The van der Waals surface area contributed by atoms with E-state index in [1.807, 2.05) is 27.7 Å². The number of hydrogen-bond acceptors (Lipinski definition) is 4. The van der Waals surface area contributed by atoms with Gasteiger partial charge < -0.3 is 9.47 Å². The number of benzene rings is 1. The van der Waals surface area contributed by atoms with E-state index in [9.17, 15) is 9.59 Å². The summed E-state index contributed by atoms with van der Waals surface area (Å²) in [5.74, 6) is -0.569. The monoisotopic (exact) mass is 278 g/mol. The molecule has 0 aromatic heterocycles. The van der Waals surface area contributed by atoms with Crippen molar-refractivity contribution >= 4 is 11.9 Å². The van der Waals surface area contributed by atoms with Crippen LogP contribution in [0, 0.1) is 5.41 Å². The summed E-state index contributed by atoms with van der Waals surface area (Å²) < 4.78 is 10.4. The van der Waals surface area contributed by atoms with Crippen molar-refractivity contribution in [1.82, 2.24) is 0 Å².